The summed E-state index contributed by atoms with van der Waals surface area (Å²) >= 11 is 0. The van der Waals surface area contributed by atoms with Crippen LogP contribution in [0.3, 0.4) is 0 Å². The molecule has 0 bridgehead atoms. The maximum atomic E-state index is 10.9. The third-order valence-corrected chi connectivity index (χ3v) is 2.26. The van der Waals surface area contributed by atoms with Gasteiger partial charge in [0.05, 0.1) is 0 Å². The molecule has 82 valence electrons. The van der Waals surface area contributed by atoms with Gasteiger partial charge in [-0.1, -0.05) is 5.21 Å². The fraction of sp³-hybridized carbons (Fsp3) is 0.273. The lowest BCUT2D eigenvalue weighted by atomic mass is 10.1. The zero-order valence-electron chi connectivity index (χ0n) is 9.16. The van der Waals surface area contributed by atoms with Gasteiger partial charge in [0.1, 0.15) is 5.69 Å². The molecule has 0 atom stereocenters. The molecule has 0 N–H and O–H groups in total. The first-order valence-electron chi connectivity index (χ1n) is 5.04. The Morgan fingerprint density at radius 2 is 2.25 bits per heavy atom. The van der Waals surface area contributed by atoms with Crippen LogP contribution in [0.2, 0.25) is 0 Å². The minimum absolute atomic E-state index is 0.149. The Morgan fingerprint density at radius 1 is 1.44 bits per heavy atom. The Morgan fingerprint density at radius 3 is 2.81 bits per heavy atom. The topological polar surface area (TPSA) is 60.7 Å². The summed E-state index contributed by atoms with van der Waals surface area (Å²) in [5.74, 6) is 0. The second-order valence-electron chi connectivity index (χ2n) is 3.72. The third-order valence-electron chi connectivity index (χ3n) is 2.26. The number of aldehydes is 1. The van der Waals surface area contributed by atoms with E-state index in [2.05, 4.69) is 15.3 Å². The van der Waals surface area contributed by atoms with Crippen molar-refractivity contribution >= 4 is 6.29 Å². The van der Waals surface area contributed by atoms with Gasteiger partial charge in [-0.3, -0.25) is 9.78 Å². The molecule has 0 unspecified atom stereocenters. The van der Waals surface area contributed by atoms with Crippen molar-refractivity contribution < 1.29 is 4.79 Å². The molecule has 0 amide bonds. The van der Waals surface area contributed by atoms with Crippen LogP contribution in [0.1, 0.15) is 30.4 Å². The van der Waals surface area contributed by atoms with Crippen molar-refractivity contribution in [2.75, 3.05) is 0 Å². The van der Waals surface area contributed by atoms with Crippen molar-refractivity contribution in [2.24, 2.45) is 0 Å². The average Bonchev–Trinajstić information content (AvgIpc) is 2.73. The minimum Gasteiger partial charge on any atom is -0.296 e. The minimum atomic E-state index is 0.149. The van der Waals surface area contributed by atoms with E-state index in [4.69, 9.17) is 0 Å². The molecule has 2 heterocycles. The van der Waals surface area contributed by atoms with Gasteiger partial charge in [-0.2, -0.15) is 0 Å². The molecular weight excluding hydrogens is 204 g/mol. The maximum absolute atomic E-state index is 10.9. The summed E-state index contributed by atoms with van der Waals surface area (Å²) in [4.78, 5) is 14.9. The Labute approximate surface area is 93.1 Å². The number of aromatic nitrogens is 4. The van der Waals surface area contributed by atoms with E-state index in [0.29, 0.717) is 12.0 Å². The lowest BCUT2D eigenvalue weighted by molar-refractivity contribution is 0.111. The lowest BCUT2D eigenvalue weighted by Gasteiger charge is -2.09. The molecule has 0 spiro atoms. The van der Waals surface area contributed by atoms with E-state index in [1.165, 1.54) is 0 Å². The van der Waals surface area contributed by atoms with Crippen molar-refractivity contribution in [1.82, 2.24) is 20.0 Å². The molecule has 2 aromatic rings. The maximum Gasteiger partial charge on any atom is 0.172 e. The van der Waals surface area contributed by atoms with Gasteiger partial charge in [0, 0.05) is 24.0 Å². The van der Waals surface area contributed by atoms with Gasteiger partial charge in [0.15, 0.2) is 12.0 Å². The molecule has 0 radical (unpaired) electrons. The van der Waals surface area contributed by atoms with Crippen molar-refractivity contribution in [1.29, 1.82) is 0 Å². The second kappa shape index (κ2) is 4.22. The van der Waals surface area contributed by atoms with Crippen LogP contribution in [0.15, 0.2) is 24.5 Å². The van der Waals surface area contributed by atoms with E-state index >= 15 is 0 Å². The third kappa shape index (κ3) is 1.71. The van der Waals surface area contributed by atoms with Crippen LogP contribution in [0.4, 0.5) is 0 Å². The summed E-state index contributed by atoms with van der Waals surface area (Å²) in [6.07, 6.45) is 4.10. The fourth-order valence-electron chi connectivity index (χ4n) is 1.53. The van der Waals surface area contributed by atoms with Gasteiger partial charge < -0.3 is 0 Å². The highest BCUT2D eigenvalue weighted by atomic mass is 16.1. The monoisotopic (exact) mass is 216 g/mol. The Hall–Kier alpha value is -2.04. The van der Waals surface area contributed by atoms with Gasteiger partial charge in [-0.15, -0.1) is 5.10 Å². The number of hydrogen-bond acceptors (Lipinski definition) is 4. The second-order valence-corrected chi connectivity index (χ2v) is 3.72. The number of hydrogen-bond donors (Lipinski definition) is 0. The van der Waals surface area contributed by atoms with Crippen molar-refractivity contribution in [2.45, 2.75) is 19.9 Å². The molecule has 2 aromatic heterocycles. The van der Waals surface area contributed by atoms with Crippen molar-refractivity contribution in [3.63, 3.8) is 0 Å². The SMILES string of the molecule is CC(C)n1nnc(C=O)c1-c1cccnc1. The van der Waals surface area contributed by atoms with Crippen molar-refractivity contribution in [3.05, 3.63) is 30.2 Å². The van der Waals surface area contributed by atoms with E-state index in [0.717, 1.165) is 11.3 Å². The largest absolute Gasteiger partial charge is 0.296 e. The van der Waals surface area contributed by atoms with Crippen LogP contribution < -0.4 is 0 Å². The van der Waals surface area contributed by atoms with E-state index < -0.39 is 0 Å². The predicted octanol–water partition coefficient (Wildman–Crippen LogP) is 1.73. The average molecular weight is 216 g/mol. The van der Waals surface area contributed by atoms with Gasteiger partial charge >= 0.3 is 0 Å². The summed E-state index contributed by atoms with van der Waals surface area (Å²) in [6, 6.07) is 3.86. The van der Waals surface area contributed by atoms with E-state index in [-0.39, 0.29) is 6.04 Å². The highest BCUT2D eigenvalue weighted by Gasteiger charge is 2.15. The zero-order chi connectivity index (χ0) is 11.5. The highest BCUT2D eigenvalue weighted by molar-refractivity contribution is 5.82. The molecule has 0 aliphatic heterocycles. The normalized spacial score (nSPS) is 10.7. The number of carbonyl (C=O) groups excluding carboxylic acids is 1. The van der Waals surface area contributed by atoms with Crippen LogP contribution >= 0.6 is 0 Å². The van der Waals surface area contributed by atoms with Gasteiger partial charge in [-0.25, -0.2) is 4.68 Å². The molecule has 0 aliphatic rings. The van der Waals surface area contributed by atoms with E-state index in [9.17, 15) is 4.79 Å². The Bertz CT molecular complexity index is 490. The summed E-state index contributed by atoms with van der Waals surface area (Å²) in [7, 11) is 0. The predicted molar refractivity (Wildman–Crippen MR) is 59.0 cm³/mol. The standard InChI is InChI=1S/C11H12N4O/c1-8(2)15-11(10(7-16)13-14-15)9-4-3-5-12-6-9/h3-8H,1-2H3. The summed E-state index contributed by atoms with van der Waals surface area (Å²) in [6.45, 7) is 3.98. The lowest BCUT2D eigenvalue weighted by Crippen LogP contribution is -2.05. The molecule has 16 heavy (non-hydrogen) atoms. The molecule has 0 saturated heterocycles. The molecule has 0 aliphatic carbocycles. The molecular formula is C11H12N4O. The zero-order valence-corrected chi connectivity index (χ0v) is 9.16. The molecule has 0 saturated carbocycles. The van der Waals surface area contributed by atoms with Crippen LogP contribution in [-0.4, -0.2) is 26.3 Å². The number of nitrogens with zero attached hydrogens (tertiary/aromatic N) is 4. The van der Waals surface area contributed by atoms with Gasteiger partial charge in [0.2, 0.25) is 0 Å². The van der Waals surface area contributed by atoms with Crippen LogP contribution in [0, 0.1) is 0 Å². The summed E-state index contributed by atoms with van der Waals surface area (Å²) in [5, 5.41) is 7.82. The van der Waals surface area contributed by atoms with E-state index in [1.54, 1.807) is 17.1 Å². The number of carbonyl (C=O) groups is 1. The summed E-state index contributed by atoms with van der Waals surface area (Å²) < 4.78 is 1.72. The van der Waals surface area contributed by atoms with Crippen molar-refractivity contribution in [3.8, 4) is 11.3 Å². The molecule has 5 heteroatoms. The number of rotatable bonds is 3. The molecule has 0 aromatic carbocycles. The van der Waals surface area contributed by atoms with Crippen LogP contribution in [0.25, 0.3) is 11.3 Å². The number of pyridine rings is 1. The van der Waals surface area contributed by atoms with Gasteiger partial charge in [0.25, 0.3) is 0 Å². The van der Waals surface area contributed by atoms with E-state index in [1.807, 2.05) is 26.0 Å². The fourth-order valence-corrected chi connectivity index (χ4v) is 1.53. The molecule has 5 nitrogen and oxygen atoms in total. The van der Waals surface area contributed by atoms with Gasteiger partial charge in [-0.05, 0) is 26.0 Å². The molecule has 0 fully saturated rings. The van der Waals surface area contributed by atoms with Crippen LogP contribution in [-0.2, 0) is 0 Å². The quantitative estimate of drug-likeness (QED) is 0.733. The first kappa shape index (κ1) is 10.5. The first-order chi connectivity index (χ1) is 7.74. The van der Waals surface area contributed by atoms with Crippen LogP contribution in [0.5, 0.6) is 0 Å². The summed E-state index contributed by atoms with van der Waals surface area (Å²) in [5.41, 5.74) is 1.92. The first-order valence-corrected chi connectivity index (χ1v) is 5.04. The highest BCUT2D eigenvalue weighted by Crippen LogP contribution is 2.22. The molecule has 2 rings (SSSR count). The Balaban J connectivity index is 2.61. The Kier molecular flexibility index (Phi) is 2.76. The smallest absolute Gasteiger partial charge is 0.172 e.